The lowest BCUT2D eigenvalue weighted by molar-refractivity contribution is 0.0958. The quantitative estimate of drug-likeness (QED) is 0.781. The van der Waals surface area contributed by atoms with Gasteiger partial charge in [-0.3, -0.25) is 14.7 Å². The lowest BCUT2D eigenvalue weighted by atomic mass is 10.2. The van der Waals surface area contributed by atoms with Crippen molar-refractivity contribution in [3.63, 3.8) is 0 Å². The van der Waals surface area contributed by atoms with E-state index in [2.05, 4.69) is 5.10 Å². The fraction of sp³-hybridized carbons (Fsp3) is 0.333. The molecule has 0 spiro atoms. The van der Waals surface area contributed by atoms with E-state index in [1.165, 1.54) is 10.7 Å². The van der Waals surface area contributed by atoms with Crippen molar-refractivity contribution in [2.45, 2.75) is 32.4 Å². The molecule has 130 valence electrons. The van der Waals surface area contributed by atoms with Gasteiger partial charge in [0.2, 0.25) is 0 Å². The summed E-state index contributed by atoms with van der Waals surface area (Å²) in [6.07, 6.45) is 1.98. The Labute approximate surface area is 148 Å². The van der Waals surface area contributed by atoms with Gasteiger partial charge in [0.05, 0.1) is 29.2 Å². The second-order valence-corrected chi connectivity index (χ2v) is 6.77. The van der Waals surface area contributed by atoms with Crippen LogP contribution in [0.15, 0.2) is 39.9 Å². The fourth-order valence-electron chi connectivity index (χ4n) is 3.40. The van der Waals surface area contributed by atoms with Crippen LogP contribution < -0.4 is 11.1 Å². The molecule has 6 nitrogen and oxygen atoms in total. The second kappa shape index (κ2) is 6.20. The van der Waals surface area contributed by atoms with Gasteiger partial charge in [0.15, 0.2) is 0 Å². The molecule has 0 aliphatic carbocycles. The Morgan fingerprint density at radius 3 is 2.72 bits per heavy atom. The number of nitrogens with zero attached hydrogens (tertiary/aromatic N) is 2. The van der Waals surface area contributed by atoms with Gasteiger partial charge in [-0.15, -0.1) is 0 Å². The molecule has 1 atom stereocenters. The molecule has 0 bridgehead atoms. The highest BCUT2D eigenvalue weighted by atomic mass is 35.5. The summed E-state index contributed by atoms with van der Waals surface area (Å²) >= 11 is 5.91. The first-order chi connectivity index (χ1) is 12.0. The zero-order valence-electron chi connectivity index (χ0n) is 13.8. The van der Waals surface area contributed by atoms with Crippen LogP contribution in [-0.4, -0.2) is 27.1 Å². The van der Waals surface area contributed by atoms with Crippen LogP contribution in [0.2, 0.25) is 5.02 Å². The van der Waals surface area contributed by atoms with Crippen molar-refractivity contribution in [1.82, 2.24) is 14.3 Å². The van der Waals surface area contributed by atoms with Crippen molar-refractivity contribution in [2.24, 2.45) is 0 Å². The van der Waals surface area contributed by atoms with E-state index in [0.717, 1.165) is 19.4 Å². The monoisotopic (exact) mass is 359 g/mol. The molecular weight excluding hydrogens is 342 g/mol. The van der Waals surface area contributed by atoms with Crippen LogP contribution in [0.3, 0.4) is 0 Å². The summed E-state index contributed by atoms with van der Waals surface area (Å²) in [5, 5.41) is 4.14. The van der Waals surface area contributed by atoms with Gasteiger partial charge in [-0.2, -0.15) is 0 Å². The second-order valence-electron chi connectivity index (χ2n) is 6.33. The first-order valence-corrected chi connectivity index (χ1v) is 8.65. The van der Waals surface area contributed by atoms with Crippen LogP contribution in [0.25, 0.3) is 16.6 Å². The summed E-state index contributed by atoms with van der Waals surface area (Å²) in [7, 11) is 0. The van der Waals surface area contributed by atoms with Gasteiger partial charge >= 0.3 is 0 Å². The third-order valence-corrected chi connectivity index (χ3v) is 4.97. The summed E-state index contributed by atoms with van der Waals surface area (Å²) in [5.41, 5.74) is 1.54. The normalized spacial score (nSPS) is 17.4. The Kier molecular flexibility index (Phi) is 4.01. The minimum atomic E-state index is -0.184. The topological polar surface area (TPSA) is 69.0 Å². The van der Waals surface area contributed by atoms with Gasteiger partial charge < -0.3 is 9.30 Å². The van der Waals surface area contributed by atoms with E-state index in [-0.39, 0.29) is 17.2 Å². The van der Waals surface area contributed by atoms with E-state index in [0.29, 0.717) is 33.9 Å². The SMILES string of the molecule is Cc1c2c(=O)n(-c3ccc(Cl)cc3)[nH]c2cc(=O)n1CC1CCCO1. The van der Waals surface area contributed by atoms with Crippen molar-refractivity contribution in [3.8, 4) is 5.69 Å². The summed E-state index contributed by atoms with van der Waals surface area (Å²) in [6.45, 7) is 3.01. The summed E-state index contributed by atoms with van der Waals surface area (Å²) < 4.78 is 8.70. The predicted molar refractivity (Wildman–Crippen MR) is 96.9 cm³/mol. The highest BCUT2D eigenvalue weighted by Crippen LogP contribution is 2.18. The van der Waals surface area contributed by atoms with Crippen molar-refractivity contribution < 1.29 is 4.74 Å². The lowest BCUT2D eigenvalue weighted by Crippen LogP contribution is -2.28. The molecule has 1 unspecified atom stereocenters. The molecular formula is C18H18ClN3O3. The van der Waals surface area contributed by atoms with Crippen LogP contribution >= 0.6 is 11.6 Å². The average Bonchev–Trinajstić information content (AvgIpc) is 3.20. The molecule has 3 aromatic rings. The van der Waals surface area contributed by atoms with Crippen molar-refractivity contribution >= 4 is 22.5 Å². The summed E-state index contributed by atoms with van der Waals surface area (Å²) in [5.74, 6) is 0. The minimum Gasteiger partial charge on any atom is -0.376 e. The molecule has 1 aromatic carbocycles. The largest absolute Gasteiger partial charge is 0.376 e. The maximum absolute atomic E-state index is 12.9. The molecule has 0 amide bonds. The van der Waals surface area contributed by atoms with Gasteiger partial charge in [0.1, 0.15) is 0 Å². The van der Waals surface area contributed by atoms with Crippen LogP contribution in [0, 0.1) is 6.92 Å². The van der Waals surface area contributed by atoms with Crippen molar-refractivity contribution in [1.29, 1.82) is 0 Å². The van der Waals surface area contributed by atoms with Crippen LogP contribution in [0.1, 0.15) is 18.5 Å². The number of nitrogens with one attached hydrogen (secondary N) is 1. The fourth-order valence-corrected chi connectivity index (χ4v) is 3.53. The van der Waals surface area contributed by atoms with Crippen LogP contribution in [0.5, 0.6) is 0 Å². The smallest absolute Gasteiger partial charge is 0.280 e. The molecule has 25 heavy (non-hydrogen) atoms. The Balaban J connectivity index is 1.86. The predicted octanol–water partition coefficient (Wildman–Crippen LogP) is 2.62. The van der Waals surface area contributed by atoms with Gasteiger partial charge in [-0.1, -0.05) is 11.6 Å². The molecule has 1 fully saturated rings. The zero-order valence-corrected chi connectivity index (χ0v) is 14.5. The van der Waals surface area contributed by atoms with Gasteiger partial charge in [-0.25, -0.2) is 4.68 Å². The standard InChI is InChI=1S/C18H18ClN3O3/c1-11-17-15(9-16(23)21(11)10-14-3-2-8-25-14)20-22(18(17)24)13-6-4-12(19)5-7-13/h4-7,9,14,20H,2-3,8,10H2,1H3. The van der Waals surface area contributed by atoms with E-state index in [4.69, 9.17) is 16.3 Å². The molecule has 1 saturated heterocycles. The number of benzene rings is 1. The highest BCUT2D eigenvalue weighted by molar-refractivity contribution is 6.30. The first-order valence-electron chi connectivity index (χ1n) is 8.27. The Morgan fingerprint density at radius 2 is 2.04 bits per heavy atom. The molecule has 1 N–H and O–H groups in total. The Bertz CT molecular complexity index is 1040. The number of rotatable bonds is 3. The molecule has 1 aliphatic rings. The average molecular weight is 360 g/mol. The number of hydrogen-bond donors (Lipinski definition) is 1. The van der Waals surface area contributed by atoms with Crippen molar-refractivity contribution in [2.75, 3.05) is 6.61 Å². The Morgan fingerprint density at radius 1 is 1.28 bits per heavy atom. The van der Waals surface area contributed by atoms with E-state index in [1.807, 2.05) is 0 Å². The van der Waals surface area contributed by atoms with Crippen LogP contribution in [-0.2, 0) is 11.3 Å². The number of ether oxygens (including phenoxy) is 1. The maximum atomic E-state index is 12.9. The van der Waals surface area contributed by atoms with Crippen LogP contribution in [0.4, 0.5) is 0 Å². The molecule has 7 heteroatoms. The molecule has 0 saturated carbocycles. The Hall–Kier alpha value is -2.31. The summed E-state index contributed by atoms with van der Waals surface area (Å²) in [6, 6.07) is 8.43. The maximum Gasteiger partial charge on any atom is 0.280 e. The number of hydrogen-bond acceptors (Lipinski definition) is 3. The minimum absolute atomic E-state index is 0.0336. The van der Waals surface area contributed by atoms with Gasteiger partial charge in [0, 0.05) is 23.4 Å². The van der Waals surface area contributed by atoms with E-state index in [9.17, 15) is 9.59 Å². The third kappa shape index (κ3) is 2.81. The molecule has 0 radical (unpaired) electrons. The van der Waals surface area contributed by atoms with Gasteiger partial charge in [0.25, 0.3) is 11.1 Å². The molecule has 4 rings (SSSR count). The molecule has 1 aliphatic heterocycles. The molecule has 2 aromatic heterocycles. The van der Waals surface area contributed by atoms with E-state index < -0.39 is 0 Å². The first kappa shape index (κ1) is 16.2. The zero-order chi connectivity index (χ0) is 17.6. The number of H-pyrrole nitrogens is 1. The van der Waals surface area contributed by atoms with Gasteiger partial charge in [-0.05, 0) is 44.0 Å². The van der Waals surface area contributed by atoms with E-state index >= 15 is 0 Å². The summed E-state index contributed by atoms with van der Waals surface area (Å²) in [4.78, 5) is 25.4. The number of aromatic nitrogens is 3. The highest BCUT2D eigenvalue weighted by Gasteiger charge is 2.20. The number of pyridine rings is 1. The van der Waals surface area contributed by atoms with E-state index in [1.54, 1.807) is 35.8 Å². The molecule has 3 heterocycles. The number of halogens is 1. The van der Waals surface area contributed by atoms with Crippen molar-refractivity contribution in [3.05, 3.63) is 61.8 Å². The number of aromatic amines is 1. The lowest BCUT2D eigenvalue weighted by Gasteiger charge is -2.14. The third-order valence-electron chi connectivity index (χ3n) is 4.71. The number of aryl methyl sites for hydroxylation is 1. The number of fused-ring (bicyclic) bond motifs is 1.